The van der Waals surface area contributed by atoms with Crippen LogP contribution in [0.1, 0.15) is 12.2 Å². The van der Waals surface area contributed by atoms with Gasteiger partial charge in [0, 0.05) is 39.4 Å². The topological polar surface area (TPSA) is 92.6 Å². The van der Waals surface area contributed by atoms with E-state index in [4.69, 9.17) is 0 Å². The molecule has 11 heteroatoms. The fraction of sp³-hybridized carbons (Fsp3) is 0.438. The van der Waals surface area contributed by atoms with Crippen molar-refractivity contribution < 1.29 is 21.2 Å². The third-order valence-corrected chi connectivity index (χ3v) is 8.24. The summed E-state index contributed by atoms with van der Waals surface area (Å²) in [5.74, 6) is 0.0525. The van der Waals surface area contributed by atoms with Crippen LogP contribution < -0.4 is 0 Å². The Kier molecular flexibility index (Phi) is 5.39. The summed E-state index contributed by atoms with van der Waals surface area (Å²) >= 11 is 0. The highest BCUT2D eigenvalue weighted by Crippen LogP contribution is 2.21. The van der Waals surface area contributed by atoms with Crippen molar-refractivity contribution in [1.29, 1.82) is 0 Å². The summed E-state index contributed by atoms with van der Waals surface area (Å²) in [4.78, 5) is 4.06. The lowest BCUT2D eigenvalue weighted by atomic mass is 10.4. The average Bonchev–Trinajstić information content (AvgIpc) is 2.83. The van der Waals surface area contributed by atoms with Gasteiger partial charge in [-0.2, -0.15) is 8.61 Å². The molecule has 0 amide bonds. The summed E-state index contributed by atoms with van der Waals surface area (Å²) in [5, 5.41) is -0.0441. The first-order valence-corrected chi connectivity index (χ1v) is 11.3. The molecule has 2 aromatic rings. The van der Waals surface area contributed by atoms with E-state index in [0.717, 1.165) is 12.1 Å². The highest BCUT2D eigenvalue weighted by Gasteiger charge is 2.33. The van der Waals surface area contributed by atoms with E-state index >= 15 is 0 Å². The molecule has 0 bridgehead atoms. The van der Waals surface area contributed by atoms with Gasteiger partial charge in [-0.1, -0.05) is 0 Å². The summed E-state index contributed by atoms with van der Waals surface area (Å²) in [6, 6.07) is 4.59. The second-order valence-electron chi connectivity index (χ2n) is 6.35. The van der Waals surface area contributed by atoms with E-state index in [2.05, 4.69) is 4.98 Å². The van der Waals surface area contributed by atoms with Crippen LogP contribution in [0.15, 0.2) is 40.4 Å². The van der Waals surface area contributed by atoms with E-state index in [1.54, 1.807) is 18.5 Å². The normalized spacial score (nSPS) is 17.7. The quantitative estimate of drug-likeness (QED) is 0.740. The Morgan fingerprint density at radius 3 is 2.00 bits per heavy atom. The lowest BCUT2D eigenvalue weighted by Crippen LogP contribution is -2.37. The largest absolute Gasteiger partial charge is 0.337 e. The van der Waals surface area contributed by atoms with Crippen LogP contribution in [0.5, 0.6) is 0 Å². The maximum Gasteiger partial charge on any atom is 0.262 e. The predicted molar refractivity (Wildman–Crippen MR) is 96.5 cm³/mol. The van der Waals surface area contributed by atoms with E-state index in [1.807, 2.05) is 0 Å². The van der Waals surface area contributed by atoms with Gasteiger partial charge in [-0.05, 0) is 37.6 Å². The third kappa shape index (κ3) is 3.91. The van der Waals surface area contributed by atoms with Gasteiger partial charge in [-0.25, -0.2) is 26.2 Å². The number of aryl methyl sites for hydroxylation is 2. The minimum atomic E-state index is -3.81. The first kappa shape index (κ1) is 19.9. The molecule has 8 nitrogen and oxygen atoms in total. The van der Waals surface area contributed by atoms with Crippen molar-refractivity contribution in [2.45, 2.75) is 23.3 Å². The zero-order valence-electron chi connectivity index (χ0n) is 15.0. The maximum atomic E-state index is 13.1. The second kappa shape index (κ2) is 7.30. The van der Waals surface area contributed by atoms with Crippen LogP contribution in [-0.2, 0) is 27.1 Å². The van der Waals surface area contributed by atoms with Crippen LogP contribution in [-0.4, -0.2) is 61.2 Å². The van der Waals surface area contributed by atoms with Crippen LogP contribution in [0.2, 0.25) is 0 Å². The first-order valence-electron chi connectivity index (χ1n) is 8.38. The van der Waals surface area contributed by atoms with Gasteiger partial charge in [0.15, 0.2) is 5.03 Å². The number of hydrogen-bond acceptors (Lipinski definition) is 5. The molecule has 0 spiro atoms. The van der Waals surface area contributed by atoms with Gasteiger partial charge < -0.3 is 4.57 Å². The highest BCUT2D eigenvalue weighted by molar-refractivity contribution is 7.89. The average molecular weight is 417 g/mol. The van der Waals surface area contributed by atoms with E-state index in [-0.39, 0.29) is 36.1 Å². The predicted octanol–water partition coefficient (Wildman–Crippen LogP) is 0.953. The van der Waals surface area contributed by atoms with Gasteiger partial charge in [0.1, 0.15) is 11.6 Å². The Hall–Kier alpha value is -1.82. The molecule has 27 heavy (non-hydrogen) atoms. The Balaban J connectivity index is 1.80. The van der Waals surface area contributed by atoms with Crippen molar-refractivity contribution in [1.82, 2.24) is 18.2 Å². The fourth-order valence-corrected chi connectivity index (χ4v) is 5.85. The van der Waals surface area contributed by atoms with Crippen molar-refractivity contribution in [3.8, 4) is 0 Å². The Bertz CT molecular complexity index is 1010. The SMILES string of the molecule is Cc1nc(S(=O)(=O)N2CCCN(S(=O)(=O)c3ccc(F)cc3)CC2)cn1C. The Labute approximate surface area is 158 Å². The molecule has 1 aliphatic rings. The molecule has 3 rings (SSSR count). The van der Waals surface area contributed by atoms with Gasteiger partial charge in [0.2, 0.25) is 10.0 Å². The number of benzene rings is 1. The van der Waals surface area contributed by atoms with E-state index in [9.17, 15) is 21.2 Å². The van der Waals surface area contributed by atoms with Crippen molar-refractivity contribution in [3.63, 3.8) is 0 Å². The minimum absolute atomic E-state index is 0.0134. The molecule has 1 aliphatic heterocycles. The van der Waals surface area contributed by atoms with Gasteiger partial charge in [0.25, 0.3) is 10.0 Å². The first-order chi connectivity index (χ1) is 12.6. The van der Waals surface area contributed by atoms with Crippen molar-refractivity contribution in [3.05, 3.63) is 42.1 Å². The number of sulfonamides is 2. The number of aromatic nitrogens is 2. The zero-order chi connectivity index (χ0) is 19.8. The zero-order valence-corrected chi connectivity index (χ0v) is 16.7. The van der Waals surface area contributed by atoms with Crippen molar-refractivity contribution in [2.75, 3.05) is 26.2 Å². The van der Waals surface area contributed by atoms with Crippen LogP contribution in [0, 0.1) is 12.7 Å². The third-order valence-electron chi connectivity index (χ3n) is 4.56. The standard InChI is InChI=1S/C16H21FN4O4S2/c1-13-18-16(12-19(13)2)27(24,25)21-9-3-8-20(10-11-21)26(22,23)15-6-4-14(17)5-7-15/h4-7,12H,3,8-11H2,1-2H3. The lowest BCUT2D eigenvalue weighted by molar-refractivity contribution is 0.403. The molecule has 0 saturated carbocycles. The van der Waals surface area contributed by atoms with Gasteiger partial charge in [-0.3, -0.25) is 0 Å². The summed E-state index contributed by atoms with van der Waals surface area (Å²) in [5.41, 5.74) is 0. The molecule has 1 fully saturated rings. The highest BCUT2D eigenvalue weighted by atomic mass is 32.2. The van der Waals surface area contributed by atoms with Crippen LogP contribution in [0.25, 0.3) is 0 Å². The van der Waals surface area contributed by atoms with E-state index in [1.165, 1.54) is 26.9 Å². The molecule has 1 aromatic carbocycles. The van der Waals surface area contributed by atoms with Crippen molar-refractivity contribution >= 4 is 20.0 Å². The minimum Gasteiger partial charge on any atom is -0.337 e. The maximum absolute atomic E-state index is 13.1. The Morgan fingerprint density at radius 2 is 1.48 bits per heavy atom. The molecule has 2 heterocycles. The molecule has 1 aromatic heterocycles. The molecule has 0 atom stereocenters. The van der Waals surface area contributed by atoms with Crippen LogP contribution >= 0.6 is 0 Å². The smallest absolute Gasteiger partial charge is 0.262 e. The number of halogens is 1. The second-order valence-corrected chi connectivity index (χ2v) is 10.2. The molecule has 0 radical (unpaired) electrons. The van der Waals surface area contributed by atoms with E-state index < -0.39 is 25.9 Å². The molecule has 0 N–H and O–H groups in total. The number of imidazole rings is 1. The molecular formula is C16H21FN4O4S2. The van der Waals surface area contributed by atoms with E-state index in [0.29, 0.717) is 12.2 Å². The van der Waals surface area contributed by atoms with Crippen LogP contribution in [0.3, 0.4) is 0 Å². The fourth-order valence-electron chi connectivity index (χ4n) is 2.89. The lowest BCUT2D eigenvalue weighted by Gasteiger charge is -2.21. The molecular weight excluding hydrogens is 395 g/mol. The number of nitrogens with zero attached hydrogens (tertiary/aromatic N) is 4. The Morgan fingerprint density at radius 1 is 0.926 bits per heavy atom. The number of hydrogen-bond donors (Lipinski definition) is 0. The molecule has 1 saturated heterocycles. The summed E-state index contributed by atoms with van der Waals surface area (Å²) in [7, 11) is -5.90. The number of rotatable bonds is 4. The molecule has 0 unspecified atom stereocenters. The molecule has 0 aliphatic carbocycles. The monoisotopic (exact) mass is 416 g/mol. The summed E-state index contributed by atoms with van der Waals surface area (Å²) < 4.78 is 68.3. The van der Waals surface area contributed by atoms with Crippen LogP contribution in [0.4, 0.5) is 4.39 Å². The van der Waals surface area contributed by atoms with Gasteiger partial charge in [-0.15, -0.1) is 0 Å². The summed E-state index contributed by atoms with van der Waals surface area (Å²) in [6.45, 7) is 2.14. The molecule has 148 valence electrons. The summed E-state index contributed by atoms with van der Waals surface area (Å²) in [6.07, 6.45) is 1.80. The van der Waals surface area contributed by atoms with Gasteiger partial charge >= 0.3 is 0 Å². The van der Waals surface area contributed by atoms with Gasteiger partial charge in [0.05, 0.1) is 4.90 Å². The van der Waals surface area contributed by atoms with Crippen molar-refractivity contribution in [2.24, 2.45) is 7.05 Å².